The lowest BCUT2D eigenvalue weighted by atomic mass is 9.85. The molecule has 1 saturated carbocycles. The van der Waals surface area contributed by atoms with E-state index >= 15 is 0 Å². The Labute approximate surface area is 107 Å². The zero-order valence-electron chi connectivity index (χ0n) is 11.1. The molecule has 1 rings (SSSR count). The monoisotopic (exact) mass is 267 g/mol. The lowest BCUT2D eigenvalue weighted by Gasteiger charge is -2.32. The second kappa shape index (κ2) is 6.75. The largest absolute Gasteiger partial charge is 0.393 e. The topological polar surface area (TPSA) is 32.3 Å². The molecule has 0 radical (unpaired) electrons. The number of aliphatic hydroxyl groups is 1. The fourth-order valence-electron chi connectivity index (χ4n) is 2.71. The molecule has 1 aliphatic rings. The standard InChI is InChI=1S/C13H24F3NO/c1-9(6-10(2)18)8-17-12-5-3-4-11(7-12)13(14,15)16/h9-12,17-18H,3-8H2,1-2H3/t9-,10-,11-,12-/m0/s1. The first-order valence-corrected chi connectivity index (χ1v) is 6.77. The summed E-state index contributed by atoms with van der Waals surface area (Å²) in [6, 6.07) is -0.0261. The van der Waals surface area contributed by atoms with E-state index < -0.39 is 12.1 Å². The zero-order chi connectivity index (χ0) is 13.8. The quantitative estimate of drug-likeness (QED) is 0.802. The average molecular weight is 267 g/mol. The van der Waals surface area contributed by atoms with Crippen LogP contribution in [0.2, 0.25) is 0 Å². The minimum Gasteiger partial charge on any atom is -0.393 e. The van der Waals surface area contributed by atoms with Gasteiger partial charge in [-0.15, -0.1) is 0 Å². The summed E-state index contributed by atoms with van der Waals surface area (Å²) in [4.78, 5) is 0. The minimum atomic E-state index is -4.05. The van der Waals surface area contributed by atoms with E-state index in [2.05, 4.69) is 5.32 Å². The van der Waals surface area contributed by atoms with Gasteiger partial charge in [-0.25, -0.2) is 0 Å². The third-order valence-corrected chi connectivity index (χ3v) is 3.64. The molecule has 18 heavy (non-hydrogen) atoms. The molecule has 0 saturated heterocycles. The summed E-state index contributed by atoms with van der Waals surface area (Å²) in [5, 5.41) is 12.4. The summed E-state index contributed by atoms with van der Waals surface area (Å²) in [7, 11) is 0. The first kappa shape index (κ1) is 15.8. The predicted molar refractivity (Wildman–Crippen MR) is 65.3 cm³/mol. The van der Waals surface area contributed by atoms with Crippen molar-refractivity contribution in [1.29, 1.82) is 0 Å². The van der Waals surface area contributed by atoms with E-state index in [-0.39, 0.29) is 30.9 Å². The highest BCUT2D eigenvalue weighted by Crippen LogP contribution is 2.37. The molecule has 0 aromatic heterocycles. The summed E-state index contributed by atoms with van der Waals surface area (Å²) >= 11 is 0. The van der Waals surface area contributed by atoms with Crippen LogP contribution in [0, 0.1) is 11.8 Å². The third kappa shape index (κ3) is 5.57. The maximum absolute atomic E-state index is 12.6. The van der Waals surface area contributed by atoms with Gasteiger partial charge in [0.15, 0.2) is 0 Å². The van der Waals surface area contributed by atoms with E-state index in [9.17, 15) is 18.3 Å². The first-order chi connectivity index (χ1) is 8.29. The summed E-state index contributed by atoms with van der Waals surface area (Å²) in [6.07, 6.45) is -1.78. The fraction of sp³-hybridized carbons (Fsp3) is 1.00. The molecule has 0 spiro atoms. The Kier molecular flexibility index (Phi) is 5.92. The summed E-state index contributed by atoms with van der Waals surface area (Å²) in [6.45, 7) is 4.42. The highest BCUT2D eigenvalue weighted by atomic mass is 19.4. The maximum atomic E-state index is 12.6. The number of rotatable bonds is 5. The van der Waals surface area contributed by atoms with E-state index in [1.807, 2.05) is 6.92 Å². The van der Waals surface area contributed by atoms with Gasteiger partial charge >= 0.3 is 6.18 Å². The molecule has 0 amide bonds. The summed E-state index contributed by atoms with van der Waals surface area (Å²) < 4.78 is 37.9. The van der Waals surface area contributed by atoms with Crippen LogP contribution in [0.15, 0.2) is 0 Å². The smallest absolute Gasteiger partial charge is 0.391 e. The summed E-state index contributed by atoms with van der Waals surface area (Å²) in [5.41, 5.74) is 0. The molecule has 0 aliphatic heterocycles. The molecule has 2 N–H and O–H groups in total. The SMILES string of the molecule is C[C@H](CN[C@H]1CCC[C@H](C(F)(F)F)C1)C[C@H](C)O. The van der Waals surface area contributed by atoms with Crippen molar-refractivity contribution < 1.29 is 18.3 Å². The van der Waals surface area contributed by atoms with Gasteiger partial charge in [0.05, 0.1) is 12.0 Å². The van der Waals surface area contributed by atoms with Crippen LogP contribution in [0.25, 0.3) is 0 Å². The third-order valence-electron chi connectivity index (χ3n) is 3.64. The van der Waals surface area contributed by atoms with Crippen LogP contribution in [0.3, 0.4) is 0 Å². The van der Waals surface area contributed by atoms with Crippen LogP contribution in [0.5, 0.6) is 0 Å². The van der Waals surface area contributed by atoms with Gasteiger partial charge in [0, 0.05) is 6.04 Å². The predicted octanol–water partition coefficient (Wildman–Crippen LogP) is 3.10. The normalized spacial score (nSPS) is 29.0. The van der Waals surface area contributed by atoms with Crippen molar-refractivity contribution in [1.82, 2.24) is 5.32 Å². The Morgan fingerprint density at radius 2 is 1.94 bits per heavy atom. The Balaban J connectivity index is 2.30. The van der Waals surface area contributed by atoms with E-state index in [0.717, 1.165) is 6.42 Å². The van der Waals surface area contributed by atoms with Crippen LogP contribution in [0.1, 0.15) is 46.0 Å². The number of aliphatic hydroxyl groups excluding tert-OH is 1. The van der Waals surface area contributed by atoms with Crippen molar-refractivity contribution in [3.8, 4) is 0 Å². The van der Waals surface area contributed by atoms with Gasteiger partial charge in [0.25, 0.3) is 0 Å². The Morgan fingerprint density at radius 1 is 1.28 bits per heavy atom. The lowest BCUT2D eigenvalue weighted by Crippen LogP contribution is -2.40. The number of hydrogen-bond acceptors (Lipinski definition) is 2. The van der Waals surface area contributed by atoms with Gasteiger partial charge in [-0.1, -0.05) is 13.3 Å². The highest BCUT2D eigenvalue weighted by molar-refractivity contribution is 4.82. The Morgan fingerprint density at radius 3 is 2.50 bits per heavy atom. The Hall–Kier alpha value is -0.290. The molecule has 4 atom stereocenters. The number of halogens is 3. The molecule has 5 heteroatoms. The van der Waals surface area contributed by atoms with Gasteiger partial charge in [0.2, 0.25) is 0 Å². The van der Waals surface area contributed by atoms with E-state index in [1.54, 1.807) is 6.92 Å². The second-order valence-electron chi connectivity index (χ2n) is 5.70. The van der Waals surface area contributed by atoms with Crippen LogP contribution >= 0.6 is 0 Å². The van der Waals surface area contributed by atoms with Gasteiger partial charge in [-0.05, 0) is 45.1 Å². The van der Waals surface area contributed by atoms with Crippen molar-refractivity contribution in [3.63, 3.8) is 0 Å². The summed E-state index contributed by atoms with van der Waals surface area (Å²) in [5.74, 6) is -0.855. The number of alkyl halides is 3. The van der Waals surface area contributed by atoms with Gasteiger partial charge in [-0.3, -0.25) is 0 Å². The maximum Gasteiger partial charge on any atom is 0.391 e. The number of nitrogens with one attached hydrogen (secondary N) is 1. The van der Waals surface area contributed by atoms with Crippen molar-refractivity contribution in [2.75, 3.05) is 6.54 Å². The lowest BCUT2D eigenvalue weighted by molar-refractivity contribution is -0.183. The van der Waals surface area contributed by atoms with E-state index in [0.29, 0.717) is 19.4 Å². The molecule has 1 aliphatic carbocycles. The van der Waals surface area contributed by atoms with Crippen LogP contribution in [-0.4, -0.2) is 30.0 Å². The van der Waals surface area contributed by atoms with E-state index in [1.165, 1.54) is 0 Å². The van der Waals surface area contributed by atoms with Crippen molar-refractivity contribution in [3.05, 3.63) is 0 Å². The van der Waals surface area contributed by atoms with Crippen LogP contribution < -0.4 is 5.32 Å². The van der Waals surface area contributed by atoms with Crippen LogP contribution in [-0.2, 0) is 0 Å². The van der Waals surface area contributed by atoms with E-state index in [4.69, 9.17) is 0 Å². The average Bonchev–Trinajstić information content (AvgIpc) is 2.25. The molecular formula is C13H24F3NO. The first-order valence-electron chi connectivity index (χ1n) is 6.77. The molecule has 2 nitrogen and oxygen atoms in total. The van der Waals surface area contributed by atoms with Gasteiger partial charge in [-0.2, -0.15) is 13.2 Å². The number of hydrogen-bond donors (Lipinski definition) is 2. The Bertz CT molecular complexity index is 243. The molecule has 0 aromatic carbocycles. The zero-order valence-corrected chi connectivity index (χ0v) is 11.1. The second-order valence-corrected chi connectivity index (χ2v) is 5.70. The van der Waals surface area contributed by atoms with Crippen molar-refractivity contribution in [2.45, 2.75) is 64.3 Å². The fourth-order valence-corrected chi connectivity index (χ4v) is 2.71. The molecular weight excluding hydrogens is 243 g/mol. The molecule has 0 aromatic rings. The van der Waals surface area contributed by atoms with Gasteiger partial charge in [0.1, 0.15) is 0 Å². The van der Waals surface area contributed by atoms with Gasteiger partial charge < -0.3 is 10.4 Å². The molecule has 0 heterocycles. The molecule has 0 bridgehead atoms. The van der Waals surface area contributed by atoms with Crippen molar-refractivity contribution in [2.24, 2.45) is 11.8 Å². The molecule has 0 unspecified atom stereocenters. The molecule has 108 valence electrons. The highest BCUT2D eigenvalue weighted by Gasteiger charge is 2.41. The van der Waals surface area contributed by atoms with Crippen molar-refractivity contribution >= 4 is 0 Å². The molecule has 1 fully saturated rings. The minimum absolute atomic E-state index is 0.0261. The van der Waals surface area contributed by atoms with Crippen LogP contribution in [0.4, 0.5) is 13.2 Å².